The molecule has 2 aromatic rings. The Morgan fingerprint density at radius 3 is 2.33 bits per heavy atom. The van der Waals surface area contributed by atoms with Gasteiger partial charge in [0.05, 0.1) is 11.5 Å². The highest BCUT2D eigenvalue weighted by molar-refractivity contribution is 7.89. The van der Waals surface area contributed by atoms with Crippen LogP contribution in [0.1, 0.15) is 61.4 Å². The number of hydrogen-bond acceptors (Lipinski definition) is 5. The summed E-state index contributed by atoms with van der Waals surface area (Å²) in [6, 6.07) is 15.6. The second-order valence-electron chi connectivity index (χ2n) is 7.11. The van der Waals surface area contributed by atoms with Crippen LogP contribution < -0.4 is 4.83 Å². The summed E-state index contributed by atoms with van der Waals surface area (Å²) in [5, 5.41) is 4.01. The number of sulfonamides is 1. The van der Waals surface area contributed by atoms with Gasteiger partial charge in [0, 0.05) is 18.4 Å². The molecule has 0 atom stereocenters. The number of ketones is 1. The zero-order valence-electron chi connectivity index (χ0n) is 17.6. The van der Waals surface area contributed by atoms with Gasteiger partial charge in [-0.05, 0) is 31.9 Å². The minimum atomic E-state index is -3.78. The van der Waals surface area contributed by atoms with Gasteiger partial charge < -0.3 is 4.74 Å². The molecule has 7 heteroatoms. The van der Waals surface area contributed by atoms with Crippen molar-refractivity contribution in [2.24, 2.45) is 5.10 Å². The highest BCUT2D eigenvalue weighted by Crippen LogP contribution is 2.11. The van der Waals surface area contributed by atoms with Crippen molar-refractivity contribution in [2.75, 3.05) is 6.61 Å². The number of unbranched alkanes of at least 4 members (excludes halogenated alkanes) is 2. The summed E-state index contributed by atoms with van der Waals surface area (Å²) in [6.07, 6.45) is 4.18. The zero-order valence-corrected chi connectivity index (χ0v) is 18.5. The maximum absolute atomic E-state index is 12.5. The predicted molar refractivity (Wildman–Crippen MR) is 119 cm³/mol. The van der Waals surface area contributed by atoms with Gasteiger partial charge in [0.15, 0.2) is 5.78 Å². The summed E-state index contributed by atoms with van der Waals surface area (Å²) in [6.45, 7) is 4.45. The van der Waals surface area contributed by atoms with Crippen LogP contribution >= 0.6 is 0 Å². The van der Waals surface area contributed by atoms with Gasteiger partial charge in [-0.25, -0.2) is 0 Å². The normalized spacial score (nSPS) is 11.9. The number of rotatable bonds is 12. The molecule has 0 aliphatic heterocycles. The average molecular weight is 431 g/mol. The van der Waals surface area contributed by atoms with Gasteiger partial charge in [-0.15, -0.1) is 5.10 Å². The maximum Gasteiger partial charge on any atom is 0.276 e. The van der Waals surface area contributed by atoms with E-state index in [0.717, 1.165) is 24.8 Å². The number of benzene rings is 2. The molecular weight excluding hydrogens is 400 g/mol. The van der Waals surface area contributed by atoms with E-state index in [2.05, 4.69) is 16.9 Å². The molecule has 0 spiro atoms. The van der Waals surface area contributed by atoms with Gasteiger partial charge in [-0.2, -0.15) is 13.2 Å². The van der Waals surface area contributed by atoms with Crippen molar-refractivity contribution >= 4 is 21.7 Å². The Hall–Kier alpha value is -2.67. The smallest absolute Gasteiger partial charge is 0.276 e. The Kier molecular flexibility index (Phi) is 9.54. The Balaban J connectivity index is 1.98. The lowest BCUT2D eigenvalue weighted by atomic mass is 10.1. The molecule has 0 fully saturated rings. The number of hydrazone groups is 1. The summed E-state index contributed by atoms with van der Waals surface area (Å²) in [5.41, 5.74) is 1.64. The first kappa shape index (κ1) is 23.6. The molecule has 0 saturated carbocycles. The Bertz CT molecular complexity index is 923. The molecule has 2 rings (SSSR count). The highest BCUT2D eigenvalue weighted by atomic mass is 32.2. The second kappa shape index (κ2) is 12.1. The van der Waals surface area contributed by atoms with Crippen molar-refractivity contribution in [3.8, 4) is 0 Å². The van der Waals surface area contributed by atoms with Crippen molar-refractivity contribution in [2.45, 2.75) is 57.3 Å². The number of carbonyl (C=O) groups excluding carboxylic acids is 1. The number of nitrogens with zero attached hydrogens (tertiary/aromatic N) is 1. The number of ether oxygens (including phenoxy) is 1. The van der Waals surface area contributed by atoms with Gasteiger partial charge in [0.2, 0.25) is 5.90 Å². The van der Waals surface area contributed by atoms with E-state index in [1.807, 2.05) is 25.1 Å². The average Bonchev–Trinajstić information content (AvgIpc) is 2.75. The molecule has 30 heavy (non-hydrogen) atoms. The largest absolute Gasteiger partial charge is 0.480 e. The van der Waals surface area contributed by atoms with E-state index in [4.69, 9.17) is 4.74 Å². The number of nitrogens with one attached hydrogen (secondary N) is 1. The minimum Gasteiger partial charge on any atom is -0.480 e. The second-order valence-corrected chi connectivity index (χ2v) is 8.77. The Morgan fingerprint density at radius 1 is 0.967 bits per heavy atom. The first-order valence-electron chi connectivity index (χ1n) is 10.3. The van der Waals surface area contributed by atoms with E-state index in [0.29, 0.717) is 37.3 Å². The number of aryl methyl sites for hydroxylation is 1. The summed E-state index contributed by atoms with van der Waals surface area (Å²) < 4.78 is 30.6. The maximum atomic E-state index is 12.5. The standard InChI is InChI=1S/C23H30N2O4S/c1-3-4-8-18-29-23(13-9-12-22(26)20-10-6-5-7-11-20)24-25-30(27,28)21-16-14-19(2)15-17-21/h5-7,10-11,14-17,25H,3-4,8-9,12-13,18H2,1-2H3. The third kappa shape index (κ3) is 7.99. The molecule has 0 radical (unpaired) electrons. The monoisotopic (exact) mass is 430 g/mol. The molecule has 1 N–H and O–H groups in total. The van der Waals surface area contributed by atoms with Crippen molar-refractivity contribution in [3.63, 3.8) is 0 Å². The molecule has 162 valence electrons. The van der Waals surface area contributed by atoms with Crippen LogP contribution in [0.5, 0.6) is 0 Å². The van der Waals surface area contributed by atoms with E-state index in [9.17, 15) is 13.2 Å². The molecule has 0 amide bonds. The van der Waals surface area contributed by atoms with Crippen molar-refractivity contribution in [1.29, 1.82) is 0 Å². The van der Waals surface area contributed by atoms with Gasteiger partial charge >= 0.3 is 0 Å². The lowest BCUT2D eigenvalue weighted by molar-refractivity contribution is 0.0980. The van der Waals surface area contributed by atoms with E-state index < -0.39 is 10.0 Å². The first-order valence-corrected chi connectivity index (χ1v) is 11.8. The molecular formula is C23H30N2O4S. The predicted octanol–water partition coefficient (Wildman–Crippen LogP) is 4.85. The summed E-state index contributed by atoms with van der Waals surface area (Å²) in [7, 11) is -3.78. The lowest BCUT2D eigenvalue weighted by Gasteiger charge is -2.10. The minimum absolute atomic E-state index is 0.0427. The van der Waals surface area contributed by atoms with Crippen molar-refractivity contribution < 1.29 is 17.9 Å². The number of hydrogen-bond donors (Lipinski definition) is 1. The zero-order chi connectivity index (χ0) is 21.8. The molecule has 0 heterocycles. The molecule has 0 saturated heterocycles. The Morgan fingerprint density at radius 2 is 1.67 bits per heavy atom. The summed E-state index contributed by atoms with van der Waals surface area (Å²) >= 11 is 0. The van der Waals surface area contributed by atoms with Gasteiger partial charge in [0.25, 0.3) is 10.0 Å². The van der Waals surface area contributed by atoms with Crippen LogP contribution in [0, 0.1) is 6.92 Å². The summed E-state index contributed by atoms with van der Waals surface area (Å²) in [4.78, 5) is 14.7. The number of carbonyl (C=O) groups is 1. The molecule has 0 aromatic heterocycles. The quantitative estimate of drug-likeness (QED) is 0.172. The third-order valence-electron chi connectivity index (χ3n) is 4.53. The molecule has 0 aliphatic rings. The van der Waals surface area contributed by atoms with Crippen LogP contribution in [0.4, 0.5) is 0 Å². The van der Waals surface area contributed by atoms with Crippen LogP contribution in [0.2, 0.25) is 0 Å². The van der Waals surface area contributed by atoms with Gasteiger partial charge in [-0.3, -0.25) is 4.79 Å². The fourth-order valence-corrected chi connectivity index (χ4v) is 3.57. The lowest BCUT2D eigenvalue weighted by Crippen LogP contribution is -2.21. The third-order valence-corrected chi connectivity index (χ3v) is 5.75. The van der Waals surface area contributed by atoms with Crippen LogP contribution in [0.25, 0.3) is 0 Å². The highest BCUT2D eigenvalue weighted by Gasteiger charge is 2.14. The van der Waals surface area contributed by atoms with Crippen LogP contribution in [0.15, 0.2) is 64.6 Å². The van der Waals surface area contributed by atoms with Gasteiger partial charge in [0.1, 0.15) is 0 Å². The van der Waals surface area contributed by atoms with Crippen molar-refractivity contribution in [3.05, 3.63) is 65.7 Å². The van der Waals surface area contributed by atoms with E-state index in [-0.39, 0.29) is 10.7 Å². The fraction of sp³-hybridized carbons (Fsp3) is 0.391. The topological polar surface area (TPSA) is 84.8 Å². The van der Waals surface area contributed by atoms with Crippen LogP contribution in [-0.2, 0) is 14.8 Å². The SMILES string of the molecule is CCCCCOC(CCCC(=O)c1ccccc1)=NNS(=O)(=O)c1ccc(C)cc1. The van der Waals surface area contributed by atoms with E-state index in [1.54, 1.807) is 24.3 Å². The molecule has 0 bridgehead atoms. The van der Waals surface area contributed by atoms with Crippen LogP contribution in [-0.4, -0.2) is 26.7 Å². The molecule has 2 aromatic carbocycles. The first-order chi connectivity index (χ1) is 14.4. The fourth-order valence-electron chi connectivity index (χ4n) is 2.75. The Labute approximate surface area is 179 Å². The van der Waals surface area contributed by atoms with Crippen LogP contribution in [0.3, 0.4) is 0 Å². The van der Waals surface area contributed by atoms with E-state index in [1.165, 1.54) is 12.1 Å². The molecule has 0 unspecified atom stereocenters. The van der Waals surface area contributed by atoms with Crippen molar-refractivity contribution in [1.82, 2.24) is 4.83 Å². The number of Topliss-reactive ketones (excluding diaryl/α,β-unsaturated/α-hetero) is 1. The molecule has 0 aliphatic carbocycles. The molecule has 6 nitrogen and oxygen atoms in total. The summed E-state index contributed by atoms with van der Waals surface area (Å²) in [5.74, 6) is 0.337. The van der Waals surface area contributed by atoms with E-state index >= 15 is 0 Å². The van der Waals surface area contributed by atoms with Gasteiger partial charge in [-0.1, -0.05) is 67.8 Å².